The summed E-state index contributed by atoms with van der Waals surface area (Å²) in [5.41, 5.74) is 6.93. The molecule has 1 saturated heterocycles. The van der Waals surface area contributed by atoms with Gasteiger partial charge in [-0.1, -0.05) is 0 Å². The first-order valence-corrected chi connectivity index (χ1v) is 7.39. The van der Waals surface area contributed by atoms with Gasteiger partial charge in [0.2, 0.25) is 0 Å². The van der Waals surface area contributed by atoms with Crippen molar-refractivity contribution in [2.45, 2.75) is 25.8 Å². The Kier molecular flexibility index (Phi) is 7.86. The third-order valence-electron chi connectivity index (χ3n) is 4.00. The molecule has 1 atom stereocenters. The minimum absolute atomic E-state index is 0. The van der Waals surface area contributed by atoms with Gasteiger partial charge in [-0.3, -0.25) is 4.90 Å². The number of piperidine rings is 1. The molecule has 2 rings (SSSR count). The third kappa shape index (κ3) is 5.38. The summed E-state index contributed by atoms with van der Waals surface area (Å²) in [6.45, 7) is 4.07. The Hall–Kier alpha value is -0.970. The minimum atomic E-state index is 0. The monoisotopic (exact) mass is 314 g/mol. The van der Waals surface area contributed by atoms with E-state index in [4.69, 9.17) is 15.2 Å². The molecule has 1 unspecified atom stereocenters. The molecule has 1 fully saturated rings. The van der Waals surface area contributed by atoms with Gasteiger partial charge in [-0.25, -0.2) is 0 Å². The zero-order valence-electron chi connectivity index (χ0n) is 13.0. The van der Waals surface area contributed by atoms with E-state index in [2.05, 4.69) is 17.0 Å². The number of likely N-dealkylation sites (tertiary alicyclic amines) is 1. The summed E-state index contributed by atoms with van der Waals surface area (Å²) in [4.78, 5) is 2.51. The van der Waals surface area contributed by atoms with Crippen LogP contribution in [0.25, 0.3) is 0 Å². The van der Waals surface area contributed by atoms with Gasteiger partial charge in [-0.05, 0) is 56.0 Å². The second-order valence-corrected chi connectivity index (χ2v) is 5.54. The maximum absolute atomic E-state index is 5.68. The average Bonchev–Trinajstić information content (AvgIpc) is 2.47. The lowest BCUT2D eigenvalue weighted by atomic mass is 9.94. The first kappa shape index (κ1) is 18.1. The fourth-order valence-corrected chi connectivity index (χ4v) is 2.98. The summed E-state index contributed by atoms with van der Waals surface area (Å²) < 4.78 is 10.7. The van der Waals surface area contributed by atoms with Crippen LogP contribution in [0.15, 0.2) is 18.2 Å². The lowest BCUT2D eigenvalue weighted by Crippen LogP contribution is -2.35. The summed E-state index contributed by atoms with van der Waals surface area (Å²) in [5.74, 6) is 2.46. The molecule has 0 spiro atoms. The minimum Gasteiger partial charge on any atom is -0.497 e. The van der Waals surface area contributed by atoms with Crippen LogP contribution in [0.4, 0.5) is 0 Å². The number of benzene rings is 1. The van der Waals surface area contributed by atoms with E-state index in [0.717, 1.165) is 43.5 Å². The van der Waals surface area contributed by atoms with Gasteiger partial charge in [0.15, 0.2) is 0 Å². The number of methoxy groups -OCH3 is 2. The summed E-state index contributed by atoms with van der Waals surface area (Å²) in [6.07, 6.45) is 3.72. The van der Waals surface area contributed by atoms with Crippen LogP contribution in [0.3, 0.4) is 0 Å². The SMILES string of the molecule is COc1cc(CN2CCCC(CCN)C2)cc(OC)c1.Cl. The van der Waals surface area contributed by atoms with Crippen molar-refractivity contribution in [1.29, 1.82) is 0 Å². The van der Waals surface area contributed by atoms with Gasteiger partial charge in [-0.15, -0.1) is 12.4 Å². The van der Waals surface area contributed by atoms with Gasteiger partial charge in [0.05, 0.1) is 14.2 Å². The Labute approximate surface area is 134 Å². The molecule has 5 heteroatoms. The Morgan fingerprint density at radius 1 is 1.19 bits per heavy atom. The van der Waals surface area contributed by atoms with E-state index in [0.29, 0.717) is 0 Å². The van der Waals surface area contributed by atoms with Crippen molar-refractivity contribution in [2.24, 2.45) is 11.7 Å². The Morgan fingerprint density at radius 3 is 2.43 bits per heavy atom. The molecule has 2 N–H and O–H groups in total. The highest BCUT2D eigenvalue weighted by Crippen LogP contribution is 2.25. The topological polar surface area (TPSA) is 47.7 Å². The van der Waals surface area contributed by atoms with Gasteiger partial charge >= 0.3 is 0 Å². The predicted octanol–water partition coefficient (Wildman–Crippen LogP) is 2.69. The number of halogens is 1. The van der Waals surface area contributed by atoms with Crippen molar-refractivity contribution in [3.8, 4) is 11.5 Å². The van der Waals surface area contributed by atoms with Crippen LogP contribution < -0.4 is 15.2 Å². The smallest absolute Gasteiger partial charge is 0.122 e. The zero-order valence-corrected chi connectivity index (χ0v) is 13.8. The molecule has 0 bridgehead atoms. The van der Waals surface area contributed by atoms with E-state index in [9.17, 15) is 0 Å². The molecule has 4 nitrogen and oxygen atoms in total. The lowest BCUT2D eigenvalue weighted by Gasteiger charge is -2.32. The fraction of sp³-hybridized carbons (Fsp3) is 0.625. The molecular weight excluding hydrogens is 288 g/mol. The number of hydrogen-bond acceptors (Lipinski definition) is 4. The zero-order chi connectivity index (χ0) is 14.4. The molecule has 0 amide bonds. The fourth-order valence-electron chi connectivity index (χ4n) is 2.98. The van der Waals surface area contributed by atoms with Crippen LogP contribution in [0.5, 0.6) is 11.5 Å². The molecule has 1 aliphatic heterocycles. The van der Waals surface area contributed by atoms with Crippen molar-refractivity contribution >= 4 is 12.4 Å². The quantitative estimate of drug-likeness (QED) is 0.877. The molecule has 0 saturated carbocycles. The molecule has 21 heavy (non-hydrogen) atoms. The standard InChI is InChI=1S/C16H26N2O2.ClH/c1-19-15-8-14(9-16(10-15)20-2)12-18-7-3-4-13(11-18)5-6-17;/h8-10,13H,3-7,11-12,17H2,1-2H3;1H. The van der Waals surface area contributed by atoms with Crippen molar-refractivity contribution in [3.63, 3.8) is 0 Å². The maximum Gasteiger partial charge on any atom is 0.122 e. The van der Waals surface area contributed by atoms with Crippen LogP contribution in [0, 0.1) is 5.92 Å². The summed E-state index contributed by atoms with van der Waals surface area (Å²) in [5, 5.41) is 0. The molecule has 120 valence electrons. The van der Waals surface area contributed by atoms with E-state index in [1.807, 2.05) is 6.07 Å². The van der Waals surface area contributed by atoms with Crippen molar-refractivity contribution in [2.75, 3.05) is 33.9 Å². The predicted molar refractivity (Wildman–Crippen MR) is 88.5 cm³/mol. The van der Waals surface area contributed by atoms with Crippen molar-refractivity contribution in [1.82, 2.24) is 4.90 Å². The Balaban J connectivity index is 0.00000220. The Morgan fingerprint density at radius 2 is 1.86 bits per heavy atom. The summed E-state index contributed by atoms with van der Waals surface area (Å²) in [7, 11) is 3.38. The molecule has 1 aromatic rings. The average molecular weight is 315 g/mol. The molecule has 0 aromatic heterocycles. The molecule has 1 heterocycles. The van der Waals surface area contributed by atoms with E-state index >= 15 is 0 Å². The first-order valence-electron chi connectivity index (χ1n) is 7.39. The van der Waals surface area contributed by atoms with Crippen LogP contribution in [-0.4, -0.2) is 38.8 Å². The lowest BCUT2D eigenvalue weighted by molar-refractivity contribution is 0.163. The number of nitrogens with two attached hydrogens (primary N) is 1. The van der Waals surface area contributed by atoms with E-state index < -0.39 is 0 Å². The number of nitrogens with zero attached hydrogens (tertiary/aromatic N) is 1. The van der Waals surface area contributed by atoms with Crippen LogP contribution >= 0.6 is 12.4 Å². The van der Waals surface area contributed by atoms with E-state index in [1.165, 1.54) is 24.9 Å². The maximum atomic E-state index is 5.68. The van der Waals surface area contributed by atoms with Crippen molar-refractivity contribution in [3.05, 3.63) is 23.8 Å². The first-order chi connectivity index (χ1) is 9.75. The molecule has 0 aliphatic carbocycles. The highest BCUT2D eigenvalue weighted by molar-refractivity contribution is 5.85. The number of hydrogen-bond donors (Lipinski definition) is 1. The van der Waals surface area contributed by atoms with E-state index in [-0.39, 0.29) is 12.4 Å². The van der Waals surface area contributed by atoms with Crippen LogP contribution in [0.2, 0.25) is 0 Å². The van der Waals surface area contributed by atoms with Crippen LogP contribution in [-0.2, 0) is 6.54 Å². The van der Waals surface area contributed by atoms with Crippen LogP contribution in [0.1, 0.15) is 24.8 Å². The molecule has 1 aliphatic rings. The van der Waals surface area contributed by atoms with Gasteiger partial charge in [0.25, 0.3) is 0 Å². The Bertz CT molecular complexity index is 404. The normalized spacial score (nSPS) is 18.9. The molecule has 0 radical (unpaired) electrons. The molecule has 1 aromatic carbocycles. The summed E-state index contributed by atoms with van der Waals surface area (Å²) >= 11 is 0. The highest BCUT2D eigenvalue weighted by Gasteiger charge is 2.19. The number of rotatable bonds is 6. The second kappa shape index (κ2) is 9.13. The highest BCUT2D eigenvalue weighted by atomic mass is 35.5. The van der Waals surface area contributed by atoms with Gasteiger partial charge in [0, 0.05) is 19.2 Å². The van der Waals surface area contributed by atoms with E-state index in [1.54, 1.807) is 14.2 Å². The van der Waals surface area contributed by atoms with Gasteiger partial charge in [0.1, 0.15) is 11.5 Å². The van der Waals surface area contributed by atoms with Gasteiger partial charge in [-0.2, -0.15) is 0 Å². The number of ether oxygens (including phenoxy) is 2. The largest absolute Gasteiger partial charge is 0.497 e. The molecular formula is C16H27ClN2O2. The van der Waals surface area contributed by atoms with Crippen molar-refractivity contribution < 1.29 is 9.47 Å². The third-order valence-corrected chi connectivity index (χ3v) is 4.00. The van der Waals surface area contributed by atoms with Gasteiger partial charge < -0.3 is 15.2 Å². The summed E-state index contributed by atoms with van der Waals surface area (Å²) in [6, 6.07) is 6.10. The second-order valence-electron chi connectivity index (χ2n) is 5.54.